The van der Waals surface area contributed by atoms with Crippen LogP contribution >= 0.6 is 0 Å². The van der Waals surface area contributed by atoms with Crippen LogP contribution in [0.5, 0.6) is 0 Å². The Morgan fingerprint density at radius 3 is 2.56 bits per heavy atom. The number of nitrogens with zero attached hydrogens (tertiary/aromatic N) is 1. The molecule has 0 saturated carbocycles. The molecule has 1 aliphatic rings. The summed E-state index contributed by atoms with van der Waals surface area (Å²) in [6, 6.07) is 17.1. The summed E-state index contributed by atoms with van der Waals surface area (Å²) in [5.74, 6) is -0.311. The summed E-state index contributed by atoms with van der Waals surface area (Å²) in [5.41, 5.74) is 3.39. The maximum Gasteiger partial charge on any atom is 0.245 e. The van der Waals surface area contributed by atoms with E-state index in [9.17, 15) is 9.59 Å². The summed E-state index contributed by atoms with van der Waals surface area (Å²) in [5, 5.41) is 2.95. The number of fused-ring (bicyclic) bond motifs is 1. The fraction of sp³-hybridized carbons (Fsp3) is 0.364. The SMILES string of the molecule is COC[C@H](C(=O)NCc1ccccc1)N(C(C)=O)C1CCc2ccccc21. The smallest absolute Gasteiger partial charge is 0.245 e. The monoisotopic (exact) mass is 366 g/mol. The molecule has 1 N–H and O–H groups in total. The number of hydrogen-bond acceptors (Lipinski definition) is 3. The van der Waals surface area contributed by atoms with E-state index in [1.165, 1.54) is 12.5 Å². The van der Waals surface area contributed by atoms with Gasteiger partial charge in [-0.15, -0.1) is 0 Å². The van der Waals surface area contributed by atoms with E-state index < -0.39 is 6.04 Å². The van der Waals surface area contributed by atoms with E-state index in [0.29, 0.717) is 6.54 Å². The van der Waals surface area contributed by atoms with Crippen LogP contribution in [0.2, 0.25) is 0 Å². The number of nitrogens with one attached hydrogen (secondary N) is 1. The molecule has 142 valence electrons. The van der Waals surface area contributed by atoms with Crippen molar-refractivity contribution in [2.24, 2.45) is 0 Å². The zero-order valence-corrected chi connectivity index (χ0v) is 15.9. The molecule has 5 nitrogen and oxygen atoms in total. The second-order valence-corrected chi connectivity index (χ2v) is 6.85. The number of methoxy groups -OCH3 is 1. The molecule has 5 heteroatoms. The van der Waals surface area contributed by atoms with Crippen LogP contribution in [-0.2, 0) is 27.3 Å². The first-order valence-corrected chi connectivity index (χ1v) is 9.29. The van der Waals surface area contributed by atoms with Crippen molar-refractivity contribution in [3.05, 3.63) is 71.3 Å². The Labute approximate surface area is 160 Å². The minimum atomic E-state index is -0.660. The third-order valence-electron chi connectivity index (χ3n) is 5.07. The second-order valence-electron chi connectivity index (χ2n) is 6.85. The number of aryl methyl sites for hydroxylation is 1. The predicted octanol–water partition coefficient (Wildman–Crippen LogP) is 2.85. The molecule has 0 spiro atoms. The zero-order valence-electron chi connectivity index (χ0n) is 15.9. The summed E-state index contributed by atoms with van der Waals surface area (Å²) in [4.78, 5) is 27.2. The van der Waals surface area contributed by atoms with Crippen molar-refractivity contribution in [3.8, 4) is 0 Å². The first-order chi connectivity index (χ1) is 13.1. The van der Waals surface area contributed by atoms with Crippen LogP contribution < -0.4 is 5.32 Å². The maximum atomic E-state index is 12.9. The van der Waals surface area contributed by atoms with Gasteiger partial charge in [-0.1, -0.05) is 54.6 Å². The van der Waals surface area contributed by atoms with Gasteiger partial charge in [0.2, 0.25) is 11.8 Å². The van der Waals surface area contributed by atoms with E-state index in [1.54, 1.807) is 12.0 Å². The third-order valence-corrected chi connectivity index (χ3v) is 5.07. The average Bonchev–Trinajstić information content (AvgIpc) is 3.10. The molecule has 0 aromatic heterocycles. The topological polar surface area (TPSA) is 58.6 Å². The molecule has 2 atom stereocenters. The van der Waals surface area contributed by atoms with E-state index in [-0.39, 0.29) is 24.5 Å². The van der Waals surface area contributed by atoms with Crippen molar-refractivity contribution in [1.29, 1.82) is 0 Å². The molecular formula is C22H26N2O3. The van der Waals surface area contributed by atoms with Crippen molar-refractivity contribution in [2.75, 3.05) is 13.7 Å². The van der Waals surface area contributed by atoms with Crippen molar-refractivity contribution in [3.63, 3.8) is 0 Å². The highest BCUT2D eigenvalue weighted by Gasteiger charge is 2.37. The molecule has 1 aliphatic carbocycles. The summed E-state index contributed by atoms with van der Waals surface area (Å²) >= 11 is 0. The number of amides is 2. The van der Waals surface area contributed by atoms with Gasteiger partial charge in [0.15, 0.2) is 0 Å². The van der Waals surface area contributed by atoms with E-state index in [4.69, 9.17) is 4.74 Å². The highest BCUT2D eigenvalue weighted by Crippen LogP contribution is 2.36. The number of ether oxygens (including phenoxy) is 1. The van der Waals surface area contributed by atoms with Gasteiger partial charge >= 0.3 is 0 Å². The number of hydrogen-bond donors (Lipinski definition) is 1. The van der Waals surface area contributed by atoms with Gasteiger partial charge < -0.3 is 15.0 Å². The lowest BCUT2D eigenvalue weighted by atomic mass is 10.0. The Morgan fingerprint density at radius 1 is 1.15 bits per heavy atom. The molecule has 0 fully saturated rings. The lowest BCUT2D eigenvalue weighted by Crippen LogP contribution is -2.52. The molecule has 0 radical (unpaired) electrons. The summed E-state index contributed by atoms with van der Waals surface area (Å²) in [7, 11) is 1.55. The van der Waals surface area contributed by atoms with E-state index in [1.807, 2.05) is 42.5 Å². The van der Waals surface area contributed by atoms with Crippen LogP contribution in [-0.4, -0.2) is 36.5 Å². The average molecular weight is 366 g/mol. The predicted molar refractivity (Wildman–Crippen MR) is 104 cm³/mol. The fourth-order valence-corrected chi connectivity index (χ4v) is 3.82. The molecule has 0 heterocycles. The van der Waals surface area contributed by atoms with Crippen LogP contribution in [0.3, 0.4) is 0 Å². The summed E-state index contributed by atoms with van der Waals surface area (Å²) in [6.07, 6.45) is 1.74. The number of carbonyl (C=O) groups excluding carboxylic acids is 2. The molecule has 0 saturated heterocycles. The van der Waals surface area contributed by atoms with Crippen molar-refractivity contribution >= 4 is 11.8 Å². The molecule has 0 bridgehead atoms. The van der Waals surface area contributed by atoms with Crippen LogP contribution in [0, 0.1) is 0 Å². The standard InChI is InChI=1S/C22H26N2O3/c1-16(25)24(20-13-12-18-10-6-7-11-19(18)20)21(15-27-2)22(26)23-14-17-8-4-3-5-9-17/h3-11,20-21H,12-15H2,1-2H3,(H,23,26)/t20?,21-/m1/s1. The maximum absolute atomic E-state index is 12.9. The minimum Gasteiger partial charge on any atom is -0.382 e. The highest BCUT2D eigenvalue weighted by molar-refractivity contribution is 5.87. The zero-order chi connectivity index (χ0) is 19.2. The van der Waals surface area contributed by atoms with E-state index in [2.05, 4.69) is 17.4 Å². The van der Waals surface area contributed by atoms with Gasteiger partial charge in [-0.2, -0.15) is 0 Å². The van der Waals surface area contributed by atoms with Gasteiger partial charge in [-0.05, 0) is 29.5 Å². The van der Waals surface area contributed by atoms with Gasteiger partial charge in [0.1, 0.15) is 6.04 Å². The fourth-order valence-electron chi connectivity index (χ4n) is 3.82. The highest BCUT2D eigenvalue weighted by atomic mass is 16.5. The molecule has 2 amide bonds. The van der Waals surface area contributed by atoms with Gasteiger partial charge in [-0.25, -0.2) is 0 Å². The van der Waals surface area contributed by atoms with Crippen molar-refractivity contribution in [1.82, 2.24) is 10.2 Å². The lowest BCUT2D eigenvalue weighted by molar-refractivity contribution is -0.144. The van der Waals surface area contributed by atoms with Gasteiger partial charge in [0, 0.05) is 20.6 Å². The molecule has 0 aliphatic heterocycles. The number of benzene rings is 2. The van der Waals surface area contributed by atoms with Crippen molar-refractivity contribution < 1.29 is 14.3 Å². The third kappa shape index (κ3) is 4.37. The van der Waals surface area contributed by atoms with Crippen LogP contribution in [0.1, 0.15) is 36.1 Å². The second kappa shape index (κ2) is 8.82. The van der Waals surface area contributed by atoms with E-state index in [0.717, 1.165) is 24.0 Å². The minimum absolute atomic E-state index is 0.0960. The Morgan fingerprint density at radius 2 is 1.85 bits per heavy atom. The molecule has 2 aromatic carbocycles. The van der Waals surface area contributed by atoms with Gasteiger partial charge in [0.05, 0.1) is 12.6 Å². The molecule has 2 aromatic rings. The Hall–Kier alpha value is -2.66. The first kappa shape index (κ1) is 19.1. The normalized spacial score (nSPS) is 16.4. The van der Waals surface area contributed by atoms with Crippen LogP contribution in [0.25, 0.3) is 0 Å². The molecular weight excluding hydrogens is 340 g/mol. The Balaban J connectivity index is 1.80. The van der Waals surface area contributed by atoms with Crippen molar-refractivity contribution in [2.45, 2.75) is 38.4 Å². The van der Waals surface area contributed by atoms with E-state index >= 15 is 0 Å². The Bertz CT molecular complexity index is 791. The van der Waals surface area contributed by atoms with Gasteiger partial charge in [-0.3, -0.25) is 9.59 Å². The van der Waals surface area contributed by atoms with Crippen LogP contribution in [0.15, 0.2) is 54.6 Å². The lowest BCUT2D eigenvalue weighted by Gasteiger charge is -2.35. The quantitative estimate of drug-likeness (QED) is 0.820. The Kier molecular flexibility index (Phi) is 6.24. The summed E-state index contributed by atoms with van der Waals surface area (Å²) < 4.78 is 5.30. The molecule has 1 unspecified atom stereocenters. The first-order valence-electron chi connectivity index (χ1n) is 9.29. The number of carbonyl (C=O) groups is 2. The number of rotatable bonds is 7. The molecule has 27 heavy (non-hydrogen) atoms. The largest absolute Gasteiger partial charge is 0.382 e. The van der Waals surface area contributed by atoms with Gasteiger partial charge in [0.25, 0.3) is 0 Å². The molecule has 3 rings (SSSR count). The summed E-state index contributed by atoms with van der Waals surface area (Å²) in [6.45, 7) is 2.11. The van der Waals surface area contributed by atoms with Crippen LogP contribution in [0.4, 0.5) is 0 Å².